The molecule has 1 N–H and O–H groups in total. The molecule has 0 unspecified atom stereocenters. The van der Waals surface area contributed by atoms with Crippen molar-refractivity contribution in [3.8, 4) is 5.69 Å². The Morgan fingerprint density at radius 1 is 1.00 bits per heavy atom. The first-order chi connectivity index (χ1) is 13.0. The van der Waals surface area contributed by atoms with Gasteiger partial charge < -0.3 is 9.73 Å². The fraction of sp³-hybridized carbons (Fsp3) is 0.0952. The third-order valence-electron chi connectivity index (χ3n) is 4.46. The van der Waals surface area contributed by atoms with Crippen molar-refractivity contribution in [1.29, 1.82) is 0 Å². The molecule has 0 atom stereocenters. The summed E-state index contributed by atoms with van der Waals surface area (Å²) in [6, 6.07) is 16.0. The van der Waals surface area contributed by atoms with Gasteiger partial charge in [-0.15, -0.1) is 0 Å². The number of carbonyl (C=O) groups excluding carboxylic acids is 1. The molecule has 4 aromatic rings. The Balaban J connectivity index is 1.66. The van der Waals surface area contributed by atoms with E-state index in [2.05, 4.69) is 10.4 Å². The Bertz CT molecular complexity index is 1200. The summed E-state index contributed by atoms with van der Waals surface area (Å²) in [5.41, 5.74) is 2.34. The van der Waals surface area contributed by atoms with Gasteiger partial charge in [-0.1, -0.05) is 18.2 Å². The van der Waals surface area contributed by atoms with Crippen molar-refractivity contribution < 1.29 is 9.21 Å². The van der Waals surface area contributed by atoms with Crippen LogP contribution in [0.25, 0.3) is 16.5 Å². The topological polar surface area (TPSA) is 77.1 Å². The lowest BCUT2D eigenvalue weighted by Gasteiger charge is -2.10. The van der Waals surface area contributed by atoms with Gasteiger partial charge in [0.2, 0.25) is 0 Å². The summed E-state index contributed by atoms with van der Waals surface area (Å²) in [5, 5.41) is 8.70. The van der Waals surface area contributed by atoms with Crippen molar-refractivity contribution in [1.82, 2.24) is 9.78 Å². The predicted octanol–water partition coefficient (Wildman–Crippen LogP) is 3.85. The number of fused-ring (bicyclic) bond motifs is 1. The molecular weight excluding hydrogens is 342 g/mol. The second-order valence-corrected chi connectivity index (χ2v) is 6.24. The van der Waals surface area contributed by atoms with Crippen LogP contribution in [-0.4, -0.2) is 15.7 Å². The van der Waals surface area contributed by atoms with Crippen molar-refractivity contribution in [2.45, 2.75) is 13.8 Å². The quantitative estimate of drug-likeness (QED) is 0.603. The molecule has 0 aliphatic carbocycles. The molecule has 2 aromatic heterocycles. The van der Waals surface area contributed by atoms with Crippen LogP contribution >= 0.6 is 0 Å². The van der Waals surface area contributed by atoms with Gasteiger partial charge in [0.15, 0.2) is 0 Å². The van der Waals surface area contributed by atoms with Gasteiger partial charge in [-0.25, -0.2) is 0 Å². The number of nitrogens with one attached hydrogen (secondary N) is 1. The predicted molar refractivity (Wildman–Crippen MR) is 103 cm³/mol. The molecule has 0 saturated heterocycles. The van der Waals surface area contributed by atoms with Crippen molar-refractivity contribution in [3.63, 3.8) is 0 Å². The van der Waals surface area contributed by atoms with Gasteiger partial charge in [0, 0.05) is 11.1 Å². The number of carbonyl (C=O) groups is 1. The molecule has 0 spiro atoms. The van der Waals surface area contributed by atoms with Gasteiger partial charge in [0.25, 0.3) is 11.5 Å². The lowest BCUT2D eigenvalue weighted by molar-refractivity contribution is 0.102. The van der Waals surface area contributed by atoms with Crippen molar-refractivity contribution >= 4 is 22.4 Å². The zero-order valence-corrected chi connectivity index (χ0v) is 14.9. The fourth-order valence-electron chi connectivity index (χ4n) is 3.03. The first-order valence-corrected chi connectivity index (χ1v) is 8.49. The Morgan fingerprint density at radius 3 is 2.37 bits per heavy atom. The zero-order valence-electron chi connectivity index (χ0n) is 14.9. The number of hydrogen-bond donors (Lipinski definition) is 1. The molecule has 0 saturated carbocycles. The van der Waals surface area contributed by atoms with Gasteiger partial charge in [-0.05, 0) is 50.2 Å². The van der Waals surface area contributed by atoms with E-state index in [-0.39, 0.29) is 11.5 Å². The molecule has 1 amide bonds. The number of amides is 1. The molecule has 6 nitrogen and oxygen atoms in total. The maximum atomic E-state index is 12.8. The Labute approximate surface area is 155 Å². The molecule has 27 heavy (non-hydrogen) atoms. The average molecular weight is 359 g/mol. The molecule has 0 fully saturated rings. The van der Waals surface area contributed by atoms with Gasteiger partial charge in [0.05, 0.1) is 28.6 Å². The smallest absolute Gasteiger partial charge is 0.279 e. The SMILES string of the molecule is Cc1occc1C(=O)Nc1ccc(-n2nc(C)c3ccccc3c2=O)cc1. The molecule has 0 bridgehead atoms. The monoisotopic (exact) mass is 359 g/mol. The van der Waals surface area contributed by atoms with E-state index in [0.29, 0.717) is 28.1 Å². The van der Waals surface area contributed by atoms with Gasteiger partial charge in [0.1, 0.15) is 5.76 Å². The number of furan rings is 1. The Hall–Kier alpha value is -3.67. The van der Waals surface area contributed by atoms with Crippen LogP contribution in [0.3, 0.4) is 0 Å². The highest BCUT2D eigenvalue weighted by Gasteiger charge is 2.12. The third kappa shape index (κ3) is 3.01. The van der Waals surface area contributed by atoms with E-state index in [9.17, 15) is 9.59 Å². The number of anilines is 1. The summed E-state index contributed by atoms with van der Waals surface area (Å²) < 4.78 is 6.53. The van der Waals surface area contributed by atoms with Crippen molar-refractivity contribution in [3.05, 3.63) is 88.2 Å². The average Bonchev–Trinajstić information content (AvgIpc) is 3.11. The van der Waals surface area contributed by atoms with Gasteiger partial charge in [-0.3, -0.25) is 9.59 Å². The van der Waals surface area contributed by atoms with Crippen LogP contribution in [0.2, 0.25) is 0 Å². The number of aryl methyl sites for hydroxylation is 2. The summed E-state index contributed by atoms with van der Waals surface area (Å²) in [6.07, 6.45) is 1.48. The van der Waals surface area contributed by atoms with Crippen LogP contribution in [0.15, 0.2) is 70.1 Å². The number of aromatic nitrogens is 2. The highest BCUT2D eigenvalue weighted by atomic mass is 16.3. The summed E-state index contributed by atoms with van der Waals surface area (Å²) in [7, 11) is 0. The molecule has 6 heteroatoms. The molecule has 4 rings (SSSR count). The van der Waals surface area contributed by atoms with E-state index in [0.717, 1.165) is 11.1 Å². The molecule has 0 radical (unpaired) electrons. The molecule has 0 aliphatic rings. The second-order valence-electron chi connectivity index (χ2n) is 6.24. The van der Waals surface area contributed by atoms with E-state index in [1.165, 1.54) is 10.9 Å². The standard InChI is InChI=1S/C21H17N3O3/c1-13-17-5-3-4-6-19(17)21(26)24(23-13)16-9-7-15(8-10-16)22-20(25)18-11-12-27-14(18)2/h3-12H,1-2H3,(H,22,25). The number of nitrogens with zero attached hydrogens (tertiary/aromatic N) is 2. The highest BCUT2D eigenvalue weighted by Crippen LogP contribution is 2.17. The molecule has 2 aromatic carbocycles. The first-order valence-electron chi connectivity index (χ1n) is 8.49. The fourth-order valence-corrected chi connectivity index (χ4v) is 3.03. The number of rotatable bonds is 3. The molecular formula is C21H17N3O3. The van der Waals surface area contributed by atoms with Crippen molar-refractivity contribution in [2.75, 3.05) is 5.32 Å². The molecule has 134 valence electrons. The number of hydrogen-bond acceptors (Lipinski definition) is 4. The minimum Gasteiger partial charge on any atom is -0.469 e. The van der Waals surface area contributed by atoms with Crippen molar-refractivity contribution in [2.24, 2.45) is 0 Å². The van der Waals surface area contributed by atoms with Crippen LogP contribution in [0.4, 0.5) is 5.69 Å². The lowest BCUT2D eigenvalue weighted by Crippen LogP contribution is -2.22. The van der Waals surface area contributed by atoms with Gasteiger partial charge in [-0.2, -0.15) is 9.78 Å². The third-order valence-corrected chi connectivity index (χ3v) is 4.46. The normalized spacial score (nSPS) is 10.9. The largest absolute Gasteiger partial charge is 0.469 e. The summed E-state index contributed by atoms with van der Waals surface area (Å²) in [4.78, 5) is 25.0. The summed E-state index contributed by atoms with van der Waals surface area (Å²) >= 11 is 0. The van der Waals surface area contributed by atoms with Crippen LogP contribution in [-0.2, 0) is 0 Å². The van der Waals surface area contributed by atoms with E-state index in [1.54, 1.807) is 43.3 Å². The van der Waals surface area contributed by atoms with Crippen LogP contribution in [0.5, 0.6) is 0 Å². The lowest BCUT2D eigenvalue weighted by atomic mass is 10.1. The maximum Gasteiger partial charge on any atom is 0.279 e. The highest BCUT2D eigenvalue weighted by molar-refractivity contribution is 6.04. The minimum atomic E-state index is -0.245. The van der Waals surface area contributed by atoms with E-state index >= 15 is 0 Å². The number of benzene rings is 2. The Morgan fingerprint density at radius 2 is 1.70 bits per heavy atom. The zero-order chi connectivity index (χ0) is 19.0. The van der Waals surface area contributed by atoms with Crippen LogP contribution < -0.4 is 10.9 Å². The van der Waals surface area contributed by atoms with E-state index in [4.69, 9.17) is 4.42 Å². The maximum absolute atomic E-state index is 12.8. The van der Waals surface area contributed by atoms with E-state index in [1.807, 2.05) is 25.1 Å². The summed E-state index contributed by atoms with van der Waals surface area (Å²) in [5.74, 6) is 0.317. The summed E-state index contributed by atoms with van der Waals surface area (Å²) in [6.45, 7) is 3.61. The molecule has 0 aliphatic heterocycles. The first kappa shape index (κ1) is 16.8. The van der Waals surface area contributed by atoms with E-state index < -0.39 is 0 Å². The van der Waals surface area contributed by atoms with Gasteiger partial charge >= 0.3 is 0 Å². The van der Waals surface area contributed by atoms with Crippen LogP contribution in [0.1, 0.15) is 21.8 Å². The molecule has 2 heterocycles. The minimum absolute atomic E-state index is 0.179. The van der Waals surface area contributed by atoms with Crippen LogP contribution in [0, 0.1) is 13.8 Å². The Kier molecular flexibility index (Phi) is 4.08. The second kappa shape index (κ2) is 6.57.